The molecule has 2 heterocycles. The zero-order valence-electron chi connectivity index (χ0n) is 15.8. The summed E-state index contributed by atoms with van der Waals surface area (Å²) in [6, 6.07) is 3.32. The Morgan fingerprint density at radius 2 is 1.78 bits per heavy atom. The number of aliphatic carboxylic acids is 1. The van der Waals surface area contributed by atoms with Gasteiger partial charge in [-0.15, -0.1) is 0 Å². The van der Waals surface area contributed by atoms with Gasteiger partial charge in [-0.05, 0) is 69.0 Å². The Hall–Kier alpha value is -1.99. The number of nitrogens with two attached hydrogens (primary N) is 1. The van der Waals surface area contributed by atoms with Gasteiger partial charge < -0.3 is 10.8 Å². The second-order valence-electron chi connectivity index (χ2n) is 7.72. The number of rotatable bonds is 5. The van der Waals surface area contributed by atoms with E-state index in [1.54, 1.807) is 13.0 Å². The molecule has 2 aliphatic rings. The zero-order chi connectivity index (χ0) is 19.6. The number of likely N-dealkylation sites (tertiary alicyclic amines) is 2. The van der Waals surface area contributed by atoms with Gasteiger partial charge in [-0.3, -0.25) is 19.4 Å². The van der Waals surface area contributed by atoms with Gasteiger partial charge in [-0.1, -0.05) is 12.5 Å². The molecule has 7 heteroatoms. The normalized spacial score (nSPS) is 22.3. The molecular formula is C20H28FN3O3. The predicted molar refractivity (Wildman–Crippen MR) is 99.7 cm³/mol. The van der Waals surface area contributed by atoms with Gasteiger partial charge >= 0.3 is 5.97 Å². The van der Waals surface area contributed by atoms with E-state index in [0.29, 0.717) is 31.5 Å². The van der Waals surface area contributed by atoms with Crippen molar-refractivity contribution >= 4 is 11.9 Å². The molecule has 6 nitrogen and oxygen atoms in total. The molecule has 0 radical (unpaired) electrons. The summed E-state index contributed by atoms with van der Waals surface area (Å²) in [5.74, 6) is -1.77. The van der Waals surface area contributed by atoms with Crippen LogP contribution in [0.1, 0.15) is 49.3 Å². The van der Waals surface area contributed by atoms with Crippen LogP contribution in [-0.4, -0.2) is 58.5 Å². The molecule has 2 fully saturated rings. The minimum absolute atomic E-state index is 0.321. The quantitative estimate of drug-likeness (QED) is 0.820. The summed E-state index contributed by atoms with van der Waals surface area (Å²) < 4.78 is 13.7. The maximum Gasteiger partial charge on any atom is 0.325 e. The second kappa shape index (κ2) is 7.94. The van der Waals surface area contributed by atoms with Crippen molar-refractivity contribution < 1.29 is 19.1 Å². The van der Waals surface area contributed by atoms with E-state index < -0.39 is 23.4 Å². The van der Waals surface area contributed by atoms with Crippen molar-refractivity contribution in [3.8, 4) is 0 Å². The van der Waals surface area contributed by atoms with Gasteiger partial charge in [0.15, 0.2) is 0 Å². The lowest BCUT2D eigenvalue weighted by Gasteiger charge is -2.49. The molecule has 1 aromatic carbocycles. The number of nitrogens with zero attached hydrogens (tertiary/aromatic N) is 2. The molecule has 2 aliphatic heterocycles. The molecule has 1 amide bonds. The average molecular weight is 377 g/mol. The van der Waals surface area contributed by atoms with Crippen LogP contribution in [0.2, 0.25) is 0 Å². The predicted octanol–water partition coefficient (Wildman–Crippen LogP) is 2.07. The fraction of sp³-hybridized carbons (Fsp3) is 0.600. The van der Waals surface area contributed by atoms with Gasteiger partial charge in [0.05, 0.1) is 0 Å². The monoisotopic (exact) mass is 377 g/mol. The number of aryl methyl sites for hydroxylation is 1. The van der Waals surface area contributed by atoms with E-state index in [2.05, 4.69) is 4.90 Å². The van der Waals surface area contributed by atoms with Crippen molar-refractivity contribution in [3.63, 3.8) is 0 Å². The molecule has 0 aliphatic carbocycles. The first-order valence-electron chi connectivity index (χ1n) is 9.63. The summed E-state index contributed by atoms with van der Waals surface area (Å²) in [4.78, 5) is 28.4. The number of primary amides is 1. The first-order chi connectivity index (χ1) is 12.8. The van der Waals surface area contributed by atoms with E-state index in [1.165, 1.54) is 12.1 Å². The molecule has 0 bridgehead atoms. The summed E-state index contributed by atoms with van der Waals surface area (Å²) in [5, 5.41) is 9.82. The van der Waals surface area contributed by atoms with Crippen LogP contribution in [0, 0.1) is 12.7 Å². The fourth-order valence-electron chi connectivity index (χ4n) is 4.58. The van der Waals surface area contributed by atoms with Crippen molar-refractivity contribution in [1.82, 2.24) is 9.80 Å². The molecule has 0 spiro atoms. The van der Waals surface area contributed by atoms with Crippen molar-refractivity contribution in [2.24, 2.45) is 5.73 Å². The zero-order valence-corrected chi connectivity index (χ0v) is 15.8. The Labute approximate surface area is 159 Å². The Morgan fingerprint density at radius 3 is 2.33 bits per heavy atom. The first-order valence-corrected chi connectivity index (χ1v) is 9.63. The lowest BCUT2D eigenvalue weighted by Crippen LogP contribution is -2.63. The maximum absolute atomic E-state index is 13.7. The van der Waals surface area contributed by atoms with E-state index in [0.717, 1.165) is 37.9 Å². The minimum Gasteiger partial charge on any atom is -0.480 e. The highest BCUT2D eigenvalue weighted by Gasteiger charge is 2.46. The molecule has 1 aromatic rings. The van der Waals surface area contributed by atoms with Crippen LogP contribution in [0.25, 0.3) is 0 Å². The SMILES string of the molecule is Cc1ccc(F)cc1[C@H](C(=O)O)N1CCC(C(N)=O)(N2CCCCC2)CC1. The van der Waals surface area contributed by atoms with Crippen LogP contribution < -0.4 is 5.73 Å². The van der Waals surface area contributed by atoms with Gasteiger partial charge in [0.1, 0.15) is 17.4 Å². The van der Waals surface area contributed by atoms with Crippen molar-refractivity contribution in [2.45, 2.75) is 50.6 Å². The molecule has 2 saturated heterocycles. The summed E-state index contributed by atoms with van der Waals surface area (Å²) >= 11 is 0. The number of amides is 1. The third-order valence-electron chi connectivity index (χ3n) is 6.18. The summed E-state index contributed by atoms with van der Waals surface area (Å²) in [6.45, 7) is 4.37. The Morgan fingerprint density at radius 1 is 1.15 bits per heavy atom. The number of hydrogen-bond donors (Lipinski definition) is 2. The standard InChI is InChI=1S/C20H28FN3O3/c1-14-5-6-15(21)13-16(14)17(18(25)26)23-11-7-20(8-12-23,19(22)27)24-9-3-2-4-10-24/h5-6,13,17H,2-4,7-12H2,1H3,(H2,22,27)(H,25,26)/t17-/m1/s1. The largest absolute Gasteiger partial charge is 0.480 e. The topological polar surface area (TPSA) is 86.9 Å². The van der Waals surface area contributed by atoms with E-state index >= 15 is 0 Å². The summed E-state index contributed by atoms with van der Waals surface area (Å²) in [6.07, 6.45) is 4.27. The average Bonchev–Trinajstić information content (AvgIpc) is 2.65. The van der Waals surface area contributed by atoms with E-state index in [4.69, 9.17) is 5.73 Å². The Balaban J connectivity index is 1.82. The van der Waals surface area contributed by atoms with E-state index in [1.807, 2.05) is 4.90 Å². The molecule has 148 valence electrons. The smallest absolute Gasteiger partial charge is 0.325 e. The molecule has 1 atom stereocenters. The van der Waals surface area contributed by atoms with Crippen LogP contribution in [-0.2, 0) is 9.59 Å². The van der Waals surface area contributed by atoms with Crippen LogP contribution in [0.5, 0.6) is 0 Å². The molecular weight excluding hydrogens is 349 g/mol. The highest BCUT2D eigenvalue weighted by Crippen LogP contribution is 2.35. The fourth-order valence-corrected chi connectivity index (χ4v) is 4.58. The molecule has 3 N–H and O–H groups in total. The van der Waals surface area contributed by atoms with Crippen molar-refractivity contribution in [3.05, 3.63) is 35.1 Å². The number of halogens is 1. The van der Waals surface area contributed by atoms with Gasteiger partial charge in [-0.25, -0.2) is 4.39 Å². The highest BCUT2D eigenvalue weighted by molar-refractivity contribution is 5.85. The molecule has 3 rings (SSSR count). The van der Waals surface area contributed by atoms with Gasteiger partial charge in [0, 0.05) is 13.1 Å². The molecule has 27 heavy (non-hydrogen) atoms. The third kappa shape index (κ3) is 3.84. The molecule has 0 unspecified atom stereocenters. The second-order valence-corrected chi connectivity index (χ2v) is 7.72. The number of hydrogen-bond acceptors (Lipinski definition) is 4. The Kier molecular flexibility index (Phi) is 5.81. The van der Waals surface area contributed by atoms with Gasteiger partial charge in [-0.2, -0.15) is 0 Å². The van der Waals surface area contributed by atoms with Gasteiger partial charge in [0.25, 0.3) is 0 Å². The van der Waals surface area contributed by atoms with E-state index in [9.17, 15) is 19.1 Å². The lowest BCUT2D eigenvalue weighted by atomic mass is 9.82. The number of piperidine rings is 2. The number of carbonyl (C=O) groups is 2. The van der Waals surface area contributed by atoms with Gasteiger partial charge in [0.2, 0.25) is 5.91 Å². The number of carboxylic acid groups (broad SMARTS) is 1. The highest BCUT2D eigenvalue weighted by atomic mass is 19.1. The number of benzene rings is 1. The maximum atomic E-state index is 13.7. The van der Waals surface area contributed by atoms with Crippen LogP contribution in [0.3, 0.4) is 0 Å². The number of carbonyl (C=O) groups excluding carboxylic acids is 1. The van der Waals surface area contributed by atoms with Crippen LogP contribution >= 0.6 is 0 Å². The molecule has 0 aromatic heterocycles. The first kappa shape index (κ1) is 19.8. The summed E-state index contributed by atoms with van der Waals surface area (Å²) in [7, 11) is 0. The molecule has 0 saturated carbocycles. The van der Waals surface area contributed by atoms with Crippen LogP contribution in [0.4, 0.5) is 4.39 Å². The van der Waals surface area contributed by atoms with Crippen molar-refractivity contribution in [1.29, 1.82) is 0 Å². The minimum atomic E-state index is -1.01. The van der Waals surface area contributed by atoms with E-state index in [-0.39, 0.29) is 5.91 Å². The van der Waals surface area contributed by atoms with Crippen molar-refractivity contribution in [2.75, 3.05) is 26.2 Å². The Bertz CT molecular complexity index is 710. The van der Waals surface area contributed by atoms with Crippen LogP contribution in [0.15, 0.2) is 18.2 Å². The third-order valence-corrected chi connectivity index (χ3v) is 6.18. The lowest BCUT2D eigenvalue weighted by molar-refractivity contribution is -0.146. The summed E-state index contributed by atoms with van der Waals surface area (Å²) in [5.41, 5.74) is 6.31. The number of carboxylic acids is 1.